The van der Waals surface area contributed by atoms with Gasteiger partial charge in [0.15, 0.2) is 0 Å². The molecule has 6 heteroatoms. The van der Waals surface area contributed by atoms with Gasteiger partial charge in [0.2, 0.25) is 10.0 Å². The molecule has 0 aliphatic rings. The highest BCUT2D eigenvalue weighted by atomic mass is 32.2. The number of nitrogens with one attached hydrogen (secondary N) is 1. The van der Waals surface area contributed by atoms with Crippen molar-refractivity contribution in [3.8, 4) is 0 Å². The van der Waals surface area contributed by atoms with Crippen LogP contribution in [-0.4, -0.2) is 46.6 Å². The topological polar surface area (TPSA) is 58.6 Å². The molecule has 120 valence electrons. The molecule has 1 rings (SSSR count). The largest absolute Gasteiger partial charge is 0.385 e. The molecule has 0 aliphatic heterocycles. The fraction of sp³-hybridized carbons (Fsp3) is 0.600. The van der Waals surface area contributed by atoms with Gasteiger partial charge in [-0.2, -0.15) is 0 Å². The molecule has 0 amide bonds. The summed E-state index contributed by atoms with van der Waals surface area (Å²) < 4.78 is 31.6. The zero-order chi connectivity index (χ0) is 15.9. The third kappa shape index (κ3) is 5.07. The summed E-state index contributed by atoms with van der Waals surface area (Å²) in [5.74, 6) is 0. The van der Waals surface area contributed by atoms with E-state index in [1.807, 2.05) is 26.0 Å². The minimum absolute atomic E-state index is 0.387. The number of rotatable bonds is 9. The minimum Gasteiger partial charge on any atom is -0.385 e. The second kappa shape index (κ2) is 8.48. The lowest BCUT2D eigenvalue weighted by atomic mass is 10.1. The predicted octanol–water partition coefficient (Wildman–Crippen LogP) is 1.76. The Hall–Kier alpha value is -0.950. The summed E-state index contributed by atoms with van der Waals surface area (Å²) in [4.78, 5) is 0.387. The van der Waals surface area contributed by atoms with E-state index in [1.54, 1.807) is 20.2 Å². The second-order valence-corrected chi connectivity index (χ2v) is 7.07. The van der Waals surface area contributed by atoms with Gasteiger partial charge in [-0.15, -0.1) is 0 Å². The molecule has 0 aromatic heterocycles. The molecule has 21 heavy (non-hydrogen) atoms. The lowest BCUT2D eigenvalue weighted by molar-refractivity contribution is 0.189. The Bertz CT molecular complexity index is 544. The van der Waals surface area contributed by atoms with Gasteiger partial charge in [-0.05, 0) is 37.1 Å². The van der Waals surface area contributed by atoms with Crippen LogP contribution in [0, 0.1) is 6.92 Å². The van der Waals surface area contributed by atoms with Crippen molar-refractivity contribution in [3.63, 3.8) is 0 Å². The molecule has 0 saturated carbocycles. The van der Waals surface area contributed by atoms with Crippen molar-refractivity contribution >= 4 is 10.0 Å². The maximum Gasteiger partial charge on any atom is 0.243 e. The first-order valence-electron chi connectivity index (χ1n) is 7.19. The first-order valence-corrected chi connectivity index (χ1v) is 8.63. The van der Waals surface area contributed by atoms with Gasteiger partial charge in [0.05, 0.1) is 4.90 Å². The van der Waals surface area contributed by atoms with E-state index >= 15 is 0 Å². The van der Waals surface area contributed by atoms with Gasteiger partial charge in [0.1, 0.15) is 0 Å². The number of methoxy groups -OCH3 is 1. The van der Waals surface area contributed by atoms with E-state index in [0.29, 0.717) is 31.0 Å². The standard InChI is InChI=1S/C15H26N2O3S/c1-5-16-12-14-8-7-13(2)15(11-14)21(18,19)17(3)9-6-10-20-4/h7-8,11,16H,5-6,9-10,12H2,1-4H3. The Balaban J connectivity index is 2.95. The van der Waals surface area contributed by atoms with E-state index in [4.69, 9.17) is 4.74 Å². The Labute approximate surface area is 128 Å². The third-order valence-electron chi connectivity index (χ3n) is 3.34. The zero-order valence-electron chi connectivity index (χ0n) is 13.3. The zero-order valence-corrected chi connectivity index (χ0v) is 14.2. The van der Waals surface area contributed by atoms with Crippen LogP contribution in [0.3, 0.4) is 0 Å². The number of hydrogen-bond acceptors (Lipinski definition) is 4. The number of benzene rings is 1. The van der Waals surface area contributed by atoms with E-state index in [-0.39, 0.29) is 0 Å². The van der Waals surface area contributed by atoms with E-state index in [2.05, 4.69) is 5.32 Å². The summed E-state index contributed by atoms with van der Waals surface area (Å²) in [6.45, 7) is 6.38. The van der Waals surface area contributed by atoms with Gasteiger partial charge in [0.25, 0.3) is 0 Å². The van der Waals surface area contributed by atoms with E-state index in [9.17, 15) is 8.42 Å². The average Bonchev–Trinajstić information content (AvgIpc) is 2.46. The molecule has 0 heterocycles. The van der Waals surface area contributed by atoms with Gasteiger partial charge in [0, 0.05) is 33.9 Å². The maximum absolute atomic E-state index is 12.6. The Kier molecular flexibility index (Phi) is 7.31. The van der Waals surface area contributed by atoms with Gasteiger partial charge in [-0.25, -0.2) is 12.7 Å². The van der Waals surface area contributed by atoms with Crippen LogP contribution in [0.4, 0.5) is 0 Å². The normalized spacial score (nSPS) is 12.0. The first-order chi connectivity index (χ1) is 9.93. The molecule has 0 saturated heterocycles. The van der Waals surface area contributed by atoms with Crippen LogP contribution >= 0.6 is 0 Å². The molecular formula is C15H26N2O3S. The predicted molar refractivity (Wildman–Crippen MR) is 84.9 cm³/mol. The van der Waals surface area contributed by atoms with Gasteiger partial charge in [-0.1, -0.05) is 19.1 Å². The van der Waals surface area contributed by atoms with Crippen molar-refractivity contribution < 1.29 is 13.2 Å². The number of hydrogen-bond donors (Lipinski definition) is 1. The molecule has 1 aromatic rings. The Morgan fingerprint density at radius 3 is 2.67 bits per heavy atom. The van der Waals surface area contributed by atoms with Gasteiger partial charge in [-0.3, -0.25) is 0 Å². The van der Waals surface area contributed by atoms with E-state index in [0.717, 1.165) is 17.7 Å². The maximum atomic E-state index is 12.6. The van der Waals surface area contributed by atoms with Crippen molar-refractivity contribution in [1.82, 2.24) is 9.62 Å². The summed E-state index contributed by atoms with van der Waals surface area (Å²) in [5.41, 5.74) is 1.75. The quantitative estimate of drug-likeness (QED) is 0.706. The minimum atomic E-state index is -3.45. The molecule has 1 N–H and O–H groups in total. The number of ether oxygens (including phenoxy) is 1. The summed E-state index contributed by atoms with van der Waals surface area (Å²) in [5, 5.41) is 3.21. The average molecular weight is 314 g/mol. The molecule has 0 fully saturated rings. The van der Waals surface area contributed by atoms with Crippen LogP contribution in [-0.2, 0) is 21.3 Å². The molecule has 0 atom stereocenters. The highest BCUT2D eigenvalue weighted by Crippen LogP contribution is 2.20. The summed E-state index contributed by atoms with van der Waals surface area (Å²) in [6.07, 6.45) is 0.683. The van der Waals surface area contributed by atoms with Crippen molar-refractivity contribution in [2.24, 2.45) is 0 Å². The fourth-order valence-corrected chi connectivity index (χ4v) is 3.50. The molecule has 0 spiro atoms. The Morgan fingerprint density at radius 1 is 1.33 bits per heavy atom. The smallest absolute Gasteiger partial charge is 0.243 e. The van der Waals surface area contributed by atoms with Crippen LogP contribution < -0.4 is 5.32 Å². The number of aryl methyl sites for hydroxylation is 1. The number of nitrogens with zero attached hydrogens (tertiary/aromatic N) is 1. The summed E-state index contributed by atoms with van der Waals surface area (Å²) in [7, 11) is -0.221. The van der Waals surface area contributed by atoms with Crippen LogP contribution in [0.2, 0.25) is 0 Å². The first kappa shape index (κ1) is 18.1. The fourth-order valence-electron chi connectivity index (χ4n) is 2.02. The van der Waals surface area contributed by atoms with Crippen LogP contribution in [0.5, 0.6) is 0 Å². The molecular weight excluding hydrogens is 288 g/mol. The molecule has 5 nitrogen and oxygen atoms in total. The second-order valence-electron chi connectivity index (χ2n) is 5.05. The van der Waals surface area contributed by atoms with Gasteiger partial charge < -0.3 is 10.1 Å². The molecule has 0 aliphatic carbocycles. The third-order valence-corrected chi connectivity index (χ3v) is 5.34. The lowest BCUT2D eigenvalue weighted by Gasteiger charge is -2.19. The summed E-state index contributed by atoms with van der Waals surface area (Å²) >= 11 is 0. The monoisotopic (exact) mass is 314 g/mol. The van der Waals surface area contributed by atoms with E-state index < -0.39 is 10.0 Å². The summed E-state index contributed by atoms with van der Waals surface area (Å²) in [6, 6.07) is 5.59. The van der Waals surface area contributed by atoms with Crippen molar-refractivity contribution in [2.75, 3.05) is 33.9 Å². The van der Waals surface area contributed by atoms with Crippen LogP contribution in [0.1, 0.15) is 24.5 Å². The van der Waals surface area contributed by atoms with Gasteiger partial charge >= 0.3 is 0 Å². The molecule has 0 radical (unpaired) electrons. The highest BCUT2D eigenvalue weighted by molar-refractivity contribution is 7.89. The van der Waals surface area contributed by atoms with Crippen LogP contribution in [0.25, 0.3) is 0 Å². The van der Waals surface area contributed by atoms with Crippen molar-refractivity contribution in [2.45, 2.75) is 31.7 Å². The number of sulfonamides is 1. The Morgan fingerprint density at radius 2 is 2.05 bits per heavy atom. The SMILES string of the molecule is CCNCc1ccc(C)c(S(=O)(=O)N(C)CCCOC)c1. The van der Waals surface area contributed by atoms with Crippen molar-refractivity contribution in [3.05, 3.63) is 29.3 Å². The van der Waals surface area contributed by atoms with E-state index in [1.165, 1.54) is 4.31 Å². The van der Waals surface area contributed by atoms with Crippen LogP contribution in [0.15, 0.2) is 23.1 Å². The lowest BCUT2D eigenvalue weighted by Crippen LogP contribution is -2.29. The van der Waals surface area contributed by atoms with Crippen molar-refractivity contribution in [1.29, 1.82) is 0 Å². The molecule has 0 unspecified atom stereocenters. The molecule has 0 bridgehead atoms. The molecule has 1 aromatic carbocycles. The highest BCUT2D eigenvalue weighted by Gasteiger charge is 2.22.